The van der Waals surface area contributed by atoms with Gasteiger partial charge in [0.05, 0.1) is 12.5 Å². The Kier molecular flexibility index (Phi) is 6.34. The Bertz CT molecular complexity index is 537. The minimum atomic E-state index is -0.960. The first kappa shape index (κ1) is 16.4. The second-order valence-electron chi connectivity index (χ2n) is 5.69. The van der Waals surface area contributed by atoms with Crippen LogP contribution in [0.1, 0.15) is 48.9 Å². The van der Waals surface area contributed by atoms with Crippen molar-refractivity contribution in [1.82, 2.24) is 5.32 Å². The summed E-state index contributed by atoms with van der Waals surface area (Å²) < 4.78 is 0. The molecule has 4 nitrogen and oxygen atoms in total. The van der Waals surface area contributed by atoms with Crippen molar-refractivity contribution < 1.29 is 14.7 Å². The van der Waals surface area contributed by atoms with Gasteiger partial charge in [-0.3, -0.25) is 9.59 Å². The van der Waals surface area contributed by atoms with Gasteiger partial charge in [-0.05, 0) is 38.6 Å². The van der Waals surface area contributed by atoms with E-state index in [0.717, 1.165) is 19.3 Å². The molecule has 0 aromatic heterocycles. The van der Waals surface area contributed by atoms with Crippen LogP contribution in [0.25, 0.3) is 0 Å². The molecule has 1 aromatic carbocycles. The van der Waals surface area contributed by atoms with E-state index in [0.29, 0.717) is 12.1 Å². The molecule has 0 heterocycles. The third kappa shape index (κ3) is 5.11. The lowest BCUT2D eigenvalue weighted by Crippen LogP contribution is -2.39. The molecule has 0 aliphatic heterocycles. The summed E-state index contributed by atoms with van der Waals surface area (Å²) in [5.41, 5.74) is 1.97. The average molecular weight is 301 g/mol. The first-order valence-electron chi connectivity index (χ1n) is 7.89. The second-order valence-corrected chi connectivity index (χ2v) is 5.69. The molecule has 118 valence electrons. The molecular weight excluding hydrogens is 278 g/mol. The normalized spacial score (nSPS) is 15.9. The molecule has 0 amide bonds. The number of carbonyl (C=O) groups excluding carboxylic acids is 1. The number of ketones is 1. The van der Waals surface area contributed by atoms with Crippen LogP contribution in [0.4, 0.5) is 0 Å². The quantitative estimate of drug-likeness (QED) is 0.571. The van der Waals surface area contributed by atoms with Crippen LogP contribution in [-0.2, 0) is 4.79 Å². The molecule has 0 saturated heterocycles. The van der Waals surface area contributed by atoms with Gasteiger partial charge in [0.25, 0.3) is 0 Å². The highest BCUT2D eigenvalue weighted by molar-refractivity contribution is 6.01. The maximum atomic E-state index is 12.4. The monoisotopic (exact) mass is 301 g/mol. The number of carboxylic acid groups (broad SMARTS) is 1. The maximum absolute atomic E-state index is 12.4. The van der Waals surface area contributed by atoms with Gasteiger partial charge >= 0.3 is 5.97 Å². The van der Waals surface area contributed by atoms with E-state index in [1.807, 2.05) is 6.07 Å². The number of carboxylic acids is 1. The predicted octanol–water partition coefficient (Wildman–Crippen LogP) is 3.19. The van der Waals surface area contributed by atoms with Crippen molar-refractivity contribution in [3.63, 3.8) is 0 Å². The highest BCUT2D eigenvalue weighted by atomic mass is 16.4. The first-order chi connectivity index (χ1) is 10.7. The molecule has 1 aliphatic carbocycles. The number of hydrogen-bond donors (Lipinski definition) is 2. The van der Waals surface area contributed by atoms with Crippen molar-refractivity contribution in [3.05, 3.63) is 47.5 Å². The van der Waals surface area contributed by atoms with E-state index in [1.165, 1.54) is 18.4 Å². The zero-order valence-electron chi connectivity index (χ0n) is 12.8. The van der Waals surface area contributed by atoms with Gasteiger partial charge in [0, 0.05) is 5.56 Å². The fraction of sp³-hybridized carbons (Fsp3) is 0.444. The van der Waals surface area contributed by atoms with Gasteiger partial charge in [-0.1, -0.05) is 42.0 Å². The summed E-state index contributed by atoms with van der Waals surface area (Å²) in [4.78, 5) is 23.4. The summed E-state index contributed by atoms with van der Waals surface area (Å²) >= 11 is 0. The highest BCUT2D eigenvalue weighted by Gasteiger charge is 2.22. The van der Waals surface area contributed by atoms with Crippen molar-refractivity contribution in [2.75, 3.05) is 6.54 Å². The Hall–Kier alpha value is -1.94. The SMILES string of the molecule is O=C(O)CC(NCCC1=CCCCC1)C(=O)c1ccccc1. The van der Waals surface area contributed by atoms with Crippen molar-refractivity contribution in [1.29, 1.82) is 0 Å². The third-order valence-electron chi connectivity index (χ3n) is 3.98. The number of rotatable bonds is 8. The standard InChI is InChI=1S/C18H23NO3/c20-17(21)13-16(18(22)15-9-5-2-6-10-15)19-12-11-14-7-3-1-4-8-14/h2,5-7,9-10,16,19H,1,3-4,8,11-13H2,(H,20,21). The molecule has 0 saturated carbocycles. The van der Waals surface area contributed by atoms with Gasteiger partial charge in [-0.2, -0.15) is 0 Å². The Morgan fingerprint density at radius 3 is 2.59 bits per heavy atom. The van der Waals surface area contributed by atoms with Gasteiger partial charge in [0.15, 0.2) is 5.78 Å². The lowest BCUT2D eigenvalue weighted by atomic mass is 9.96. The van der Waals surface area contributed by atoms with Crippen molar-refractivity contribution in [3.8, 4) is 0 Å². The summed E-state index contributed by atoms with van der Waals surface area (Å²) in [6, 6.07) is 8.20. The van der Waals surface area contributed by atoms with Crippen LogP contribution in [0.5, 0.6) is 0 Å². The average Bonchev–Trinajstić information content (AvgIpc) is 2.55. The van der Waals surface area contributed by atoms with Crippen LogP contribution in [0.3, 0.4) is 0 Å². The van der Waals surface area contributed by atoms with E-state index in [4.69, 9.17) is 5.11 Å². The molecule has 4 heteroatoms. The van der Waals surface area contributed by atoms with E-state index in [9.17, 15) is 9.59 Å². The minimum Gasteiger partial charge on any atom is -0.481 e. The Morgan fingerprint density at radius 1 is 1.18 bits per heavy atom. The second kappa shape index (κ2) is 8.49. The smallest absolute Gasteiger partial charge is 0.305 e. The van der Waals surface area contributed by atoms with Gasteiger partial charge in [-0.15, -0.1) is 0 Å². The summed E-state index contributed by atoms with van der Waals surface area (Å²) in [5.74, 6) is -1.11. The Balaban J connectivity index is 1.92. The number of allylic oxidation sites excluding steroid dienone is 1. The molecule has 2 rings (SSSR count). The molecule has 0 bridgehead atoms. The number of benzene rings is 1. The molecule has 1 atom stereocenters. The molecule has 1 aliphatic rings. The first-order valence-corrected chi connectivity index (χ1v) is 7.89. The van der Waals surface area contributed by atoms with Crippen LogP contribution < -0.4 is 5.32 Å². The van der Waals surface area contributed by atoms with Gasteiger partial charge in [0.2, 0.25) is 0 Å². The molecule has 1 unspecified atom stereocenters. The molecule has 22 heavy (non-hydrogen) atoms. The third-order valence-corrected chi connectivity index (χ3v) is 3.98. The summed E-state index contributed by atoms with van der Waals surface area (Å²) in [5, 5.41) is 12.1. The molecule has 1 aromatic rings. The van der Waals surface area contributed by atoms with Crippen molar-refractivity contribution in [2.45, 2.75) is 44.6 Å². The highest BCUT2D eigenvalue weighted by Crippen LogP contribution is 2.19. The zero-order chi connectivity index (χ0) is 15.8. The van der Waals surface area contributed by atoms with E-state index in [-0.39, 0.29) is 12.2 Å². The van der Waals surface area contributed by atoms with Crippen molar-refractivity contribution >= 4 is 11.8 Å². The fourth-order valence-corrected chi connectivity index (χ4v) is 2.77. The molecule has 0 fully saturated rings. The number of nitrogens with one attached hydrogen (secondary N) is 1. The topological polar surface area (TPSA) is 66.4 Å². The van der Waals surface area contributed by atoms with E-state index >= 15 is 0 Å². The van der Waals surface area contributed by atoms with Gasteiger partial charge in [-0.25, -0.2) is 0 Å². The van der Waals surface area contributed by atoms with Crippen LogP contribution >= 0.6 is 0 Å². The van der Waals surface area contributed by atoms with Gasteiger partial charge in [0.1, 0.15) is 0 Å². The minimum absolute atomic E-state index is 0.152. The molecular formula is C18H23NO3. The molecule has 2 N–H and O–H groups in total. The van der Waals surface area contributed by atoms with Crippen LogP contribution in [-0.4, -0.2) is 29.4 Å². The number of aliphatic carboxylic acids is 1. The summed E-state index contributed by atoms with van der Waals surface area (Å²) in [6.45, 7) is 0.641. The Morgan fingerprint density at radius 2 is 1.95 bits per heavy atom. The lowest BCUT2D eigenvalue weighted by Gasteiger charge is -2.18. The number of hydrogen-bond acceptors (Lipinski definition) is 3. The lowest BCUT2D eigenvalue weighted by molar-refractivity contribution is -0.137. The maximum Gasteiger partial charge on any atom is 0.305 e. The Labute approximate surface area is 131 Å². The van der Waals surface area contributed by atoms with Gasteiger partial charge < -0.3 is 10.4 Å². The van der Waals surface area contributed by atoms with Crippen molar-refractivity contribution in [2.24, 2.45) is 0 Å². The molecule has 0 spiro atoms. The predicted molar refractivity (Wildman–Crippen MR) is 86.0 cm³/mol. The van der Waals surface area contributed by atoms with Crippen LogP contribution in [0.15, 0.2) is 42.0 Å². The number of Topliss-reactive ketones (excluding diaryl/α,β-unsaturated/α-hetero) is 1. The fourth-order valence-electron chi connectivity index (χ4n) is 2.77. The molecule has 0 radical (unpaired) electrons. The summed E-state index contributed by atoms with van der Waals surface area (Å²) in [7, 11) is 0. The van der Waals surface area contributed by atoms with E-state index < -0.39 is 12.0 Å². The zero-order valence-corrected chi connectivity index (χ0v) is 12.8. The van der Waals surface area contributed by atoms with E-state index in [1.54, 1.807) is 24.3 Å². The van der Waals surface area contributed by atoms with E-state index in [2.05, 4.69) is 11.4 Å². The largest absolute Gasteiger partial charge is 0.481 e. The summed E-state index contributed by atoms with van der Waals surface area (Å²) in [6.07, 6.45) is 7.72. The number of carbonyl (C=O) groups is 2. The van der Waals surface area contributed by atoms with Crippen LogP contribution in [0, 0.1) is 0 Å². The van der Waals surface area contributed by atoms with Crippen LogP contribution in [0.2, 0.25) is 0 Å².